The van der Waals surface area contributed by atoms with Gasteiger partial charge in [-0.15, -0.1) is 0 Å². The standard InChI is InChI=1S/C24H22BrN3O2/c1-16-27-21-13-22(29-2)23(30-15-17-7-4-3-5-8-17)12-20(21)24(28-16)26-14-18-9-6-10-19(25)11-18/h3-13H,14-15H2,1-2H3,(H,26,27,28). The molecule has 0 aliphatic heterocycles. The van der Waals surface area contributed by atoms with Gasteiger partial charge in [0.2, 0.25) is 0 Å². The molecule has 0 amide bonds. The van der Waals surface area contributed by atoms with Crippen molar-refractivity contribution >= 4 is 32.7 Å². The number of nitrogens with zero attached hydrogens (tertiary/aromatic N) is 2. The predicted octanol–water partition coefficient (Wildman–Crippen LogP) is 5.90. The lowest BCUT2D eigenvalue weighted by molar-refractivity contribution is 0.285. The van der Waals surface area contributed by atoms with Gasteiger partial charge in [-0.3, -0.25) is 0 Å². The highest BCUT2D eigenvalue weighted by Crippen LogP contribution is 2.35. The third kappa shape index (κ3) is 4.71. The molecule has 0 saturated heterocycles. The maximum atomic E-state index is 6.07. The van der Waals surface area contributed by atoms with Crippen molar-refractivity contribution in [2.45, 2.75) is 20.1 Å². The molecule has 0 radical (unpaired) electrons. The van der Waals surface area contributed by atoms with Crippen LogP contribution in [0.4, 0.5) is 5.82 Å². The van der Waals surface area contributed by atoms with Crippen LogP contribution >= 0.6 is 15.9 Å². The van der Waals surface area contributed by atoms with Crippen molar-refractivity contribution in [1.29, 1.82) is 0 Å². The summed E-state index contributed by atoms with van der Waals surface area (Å²) in [4.78, 5) is 9.20. The molecule has 0 unspecified atom stereocenters. The average Bonchev–Trinajstić information content (AvgIpc) is 2.76. The second kappa shape index (κ2) is 9.13. The molecule has 0 fully saturated rings. The molecule has 1 N–H and O–H groups in total. The Morgan fingerprint density at radius 1 is 0.900 bits per heavy atom. The Kier molecular flexibility index (Phi) is 6.14. The van der Waals surface area contributed by atoms with Crippen molar-refractivity contribution in [3.8, 4) is 11.5 Å². The van der Waals surface area contributed by atoms with Gasteiger partial charge in [0.25, 0.3) is 0 Å². The van der Waals surface area contributed by atoms with E-state index < -0.39 is 0 Å². The number of hydrogen-bond acceptors (Lipinski definition) is 5. The zero-order chi connectivity index (χ0) is 20.9. The van der Waals surface area contributed by atoms with Crippen LogP contribution in [0.3, 0.4) is 0 Å². The molecule has 0 saturated carbocycles. The fraction of sp³-hybridized carbons (Fsp3) is 0.167. The maximum absolute atomic E-state index is 6.07. The summed E-state index contributed by atoms with van der Waals surface area (Å²) < 4.78 is 12.7. The van der Waals surface area contributed by atoms with Crippen molar-refractivity contribution in [2.24, 2.45) is 0 Å². The Balaban J connectivity index is 1.65. The first-order valence-corrected chi connectivity index (χ1v) is 10.4. The van der Waals surface area contributed by atoms with Crippen LogP contribution in [-0.2, 0) is 13.2 Å². The summed E-state index contributed by atoms with van der Waals surface area (Å²) in [7, 11) is 1.64. The van der Waals surface area contributed by atoms with Crippen LogP contribution in [0.2, 0.25) is 0 Å². The predicted molar refractivity (Wildman–Crippen MR) is 123 cm³/mol. The normalized spacial score (nSPS) is 10.8. The summed E-state index contributed by atoms with van der Waals surface area (Å²) >= 11 is 3.52. The minimum Gasteiger partial charge on any atom is -0.493 e. The molecule has 4 aromatic rings. The summed E-state index contributed by atoms with van der Waals surface area (Å²) in [5.41, 5.74) is 3.05. The zero-order valence-electron chi connectivity index (χ0n) is 16.9. The average molecular weight is 464 g/mol. The van der Waals surface area contributed by atoms with Crippen molar-refractivity contribution in [1.82, 2.24) is 9.97 Å². The molecular formula is C24H22BrN3O2. The van der Waals surface area contributed by atoms with E-state index in [2.05, 4.69) is 43.3 Å². The molecule has 0 spiro atoms. The molecule has 0 aliphatic rings. The Morgan fingerprint density at radius 3 is 2.47 bits per heavy atom. The van der Waals surface area contributed by atoms with Crippen molar-refractivity contribution in [3.05, 3.63) is 88.2 Å². The first kappa shape index (κ1) is 20.2. The number of methoxy groups -OCH3 is 1. The molecule has 4 rings (SSSR count). The molecule has 0 aliphatic carbocycles. The van der Waals surface area contributed by atoms with E-state index in [1.165, 1.54) is 0 Å². The lowest BCUT2D eigenvalue weighted by Crippen LogP contribution is -2.05. The molecule has 30 heavy (non-hydrogen) atoms. The second-order valence-electron chi connectivity index (χ2n) is 6.90. The van der Waals surface area contributed by atoms with Gasteiger partial charge in [0.1, 0.15) is 18.2 Å². The highest BCUT2D eigenvalue weighted by Gasteiger charge is 2.13. The number of halogens is 1. The number of anilines is 1. The fourth-order valence-electron chi connectivity index (χ4n) is 3.23. The maximum Gasteiger partial charge on any atom is 0.162 e. The molecule has 6 heteroatoms. The summed E-state index contributed by atoms with van der Waals surface area (Å²) in [5.74, 6) is 2.77. The van der Waals surface area contributed by atoms with Gasteiger partial charge >= 0.3 is 0 Å². The molecule has 1 heterocycles. The Morgan fingerprint density at radius 2 is 1.70 bits per heavy atom. The fourth-order valence-corrected chi connectivity index (χ4v) is 3.67. The number of fused-ring (bicyclic) bond motifs is 1. The molecular weight excluding hydrogens is 442 g/mol. The molecule has 152 valence electrons. The third-order valence-electron chi connectivity index (χ3n) is 4.68. The van der Waals surface area contributed by atoms with Crippen molar-refractivity contribution < 1.29 is 9.47 Å². The van der Waals surface area contributed by atoms with Gasteiger partial charge in [0, 0.05) is 22.5 Å². The van der Waals surface area contributed by atoms with Gasteiger partial charge in [-0.1, -0.05) is 58.4 Å². The van der Waals surface area contributed by atoms with Crippen LogP contribution < -0.4 is 14.8 Å². The number of nitrogens with one attached hydrogen (secondary N) is 1. The first-order chi connectivity index (χ1) is 14.6. The molecule has 1 aromatic heterocycles. The zero-order valence-corrected chi connectivity index (χ0v) is 18.4. The molecule has 0 atom stereocenters. The van der Waals surface area contributed by atoms with Gasteiger partial charge in [0.05, 0.1) is 12.6 Å². The van der Waals surface area contributed by atoms with E-state index in [0.717, 1.165) is 32.3 Å². The van der Waals surface area contributed by atoms with Gasteiger partial charge in [-0.05, 0) is 36.2 Å². The molecule has 3 aromatic carbocycles. The van der Waals surface area contributed by atoms with Crippen molar-refractivity contribution in [2.75, 3.05) is 12.4 Å². The van der Waals surface area contributed by atoms with Crippen LogP contribution in [0.25, 0.3) is 10.9 Å². The second-order valence-corrected chi connectivity index (χ2v) is 7.81. The van der Waals surface area contributed by atoms with Crippen LogP contribution in [0, 0.1) is 6.92 Å². The van der Waals surface area contributed by atoms with E-state index >= 15 is 0 Å². The molecule has 0 bridgehead atoms. The molecule has 5 nitrogen and oxygen atoms in total. The van der Waals surface area contributed by atoms with E-state index in [-0.39, 0.29) is 0 Å². The van der Waals surface area contributed by atoms with E-state index in [1.54, 1.807) is 7.11 Å². The van der Waals surface area contributed by atoms with Crippen LogP contribution in [0.5, 0.6) is 11.5 Å². The minimum atomic E-state index is 0.455. The number of aryl methyl sites for hydroxylation is 1. The van der Waals surface area contributed by atoms with E-state index in [1.807, 2.05) is 61.5 Å². The van der Waals surface area contributed by atoms with Gasteiger partial charge in [-0.25, -0.2) is 9.97 Å². The van der Waals surface area contributed by atoms with Gasteiger partial charge < -0.3 is 14.8 Å². The monoisotopic (exact) mass is 463 g/mol. The van der Waals surface area contributed by atoms with Crippen LogP contribution in [-0.4, -0.2) is 17.1 Å². The van der Waals surface area contributed by atoms with E-state index in [0.29, 0.717) is 30.5 Å². The lowest BCUT2D eigenvalue weighted by atomic mass is 10.2. The smallest absolute Gasteiger partial charge is 0.162 e. The summed E-state index contributed by atoms with van der Waals surface area (Å²) in [6.07, 6.45) is 0. The van der Waals surface area contributed by atoms with Gasteiger partial charge in [-0.2, -0.15) is 0 Å². The number of ether oxygens (including phenoxy) is 2. The summed E-state index contributed by atoms with van der Waals surface area (Å²) in [5, 5.41) is 4.33. The first-order valence-electron chi connectivity index (χ1n) is 9.64. The Labute approximate surface area is 184 Å². The number of hydrogen-bond donors (Lipinski definition) is 1. The largest absolute Gasteiger partial charge is 0.493 e. The SMILES string of the molecule is COc1cc2nc(C)nc(NCc3cccc(Br)c3)c2cc1OCc1ccccc1. The lowest BCUT2D eigenvalue weighted by Gasteiger charge is -2.15. The van der Waals surface area contributed by atoms with Crippen molar-refractivity contribution in [3.63, 3.8) is 0 Å². The van der Waals surface area contributed by atoms with E-state index in [9.17, 15) is 0 Å². The van der Waals surface area contributed by atoms with E-state index in [4.69, 9.17) is 9.47 Å². The quantitative estimate of drug-likeness (QED) is 0.369. The van der Waals surface area contributed by atoms with Crippen LogP contribution in [0.15, 0.2) is 71.2 Å². The topological polar surface area (TPSA) is 56.3 Å². The summed E-state index contributed by atoms with van der Waals surface area (Å²) in [6, 6.07) is 22.1. The third-order valence-corrected chi connectivity index (χ3v) is 5.17. The Bertz CT molecular complexity index is 1170. The minimum absolute atomic E-state index is 0.455. The number of aromatic nitrogens is 2. The summed E-state index contributed by atoms with van der Waals surface area (Å²) in [6.45, 7) is 2.99. The van der Waals surface area contributed by atoms with Gasteiger partial charge in [0.15, 0.2) is 11.5 Å². The number of rotatable bonds is 7. The Hall–Kier alpha value is -3.12. The highest BCUT2D eigenvalue weighted by molar-refractivity contribution is 9.10. The number of benzene rings is 3. The highest BCUT2D eigenvalue weighted by atomic mass is 79.9. The van der Waals surface area contributed by atoms with Crippen LogP contribution in [0.1, 0.15) is 17.0 Å².